The quantitative estimate of drug-likeness (QED) is 0.302. The molecule has 4 heterocycles. The number of ether oxygens (including phenoxy) is 2. The van der Waals surface area contributed by atoms with E-state index in [2.05, 4.69) is 0 Å². The van der Waals surface area contributed by atoms with E-state index in [-0.39, 0.29) is 24.3 Å². The Morgan fingerprint density at radius 2 is 1.61 bits per heavy atom. The van der Waals surface area contributed by atoms with Crippen LogP contribution < -0.4 is 14.5 Å². The Bertz CT molecular complexity index is 1550. The summed E-state index contributed by atoms with van der Waals surface area (Å²) in [6.45, 7) is 9.50. The highest BCUT2D eigenvalue weighted by Crippen LogP contribution is 2.59. The van der Waals surface area contributed by atoms with Crippen molar-refractivity contribution in [2.75, 3.05) is 42.6 Å². The SMILES string of the molecule is CCOc1ccc(N2CC=C[C@@]3(CC)O[C@]45C=CCN(c6cc(C)ccc6C)C(=O)C4N(CCCCCO)C(=O)[C@@H]5[C@H]3C2=O)cc1. The van der Waals surface area contributed by atoms with E-state index >= 15 is 0 Å². The van der Waals surface area contributed by atoms with Gasteiger partial charge in [0.15, 0.2) is 0 Å². The van der Waals surface area contributed by atoms with Crippen molar-refractivity contribution < 1.29 is 29.0 Å². The molecule has 6 rings (SSSR count). The average molecular weight is 628 g/mol. The van der Waals surface area contributed by atoms with E-state index in [1.165, 1.54) is 0 Å². The van der Waals surface area contributed by atoms with Gasteiger partial charge in [-0.05, 0) is 87.9 Å². The molecule has 0 radical (unpaired) electrons. The topological polar surface area (TPSA) is 99.6 Å². The van der Waals surface area contributed by atoms with Crippen molar-refractivity contribution in [1.29, 1.82) is 0 Å². The molecule has 0 aromatic heterocycles. The predicted octanol–water partition coefficient (Wildman–Crippen LogP) is 4.73. The van der Waals surface area contributed by atoms with Crippen molar-refractivity contribution >= 4 is 29.1 Å². The van der Waals surface area contributed by atoms with E-state index in [1.54, 1.807) is 14.7 Å². The van der Waals surface area contributed by atoms with Gasteiger partial charge in [-0.2, -0.15) is 0 Å². The number of aliphatic hydroxyl groups is 1. The lowest BCUT2D eigenvalue weighted by Gasteiger charge is -2.38. The van der Waals surface area contributed by atoms with E-state index in [4.69, 9.17) is 9.47 Å². The zero-order valence-corrected chi connectivity index (χ0v) is 27.3. The van der Waals surface area contributed by atoms with Crippen LogP contribution in [0.3, 0.4) is 0 Å². The molecule has 4 aliphatic heterocycles. The van der Waals surface area contributed by atoms with E-state index in [9.17, 15) is 19.5 Å². The molecule has 9 nitrogen and oxygen atoms in total. The van der Waals surface area contributed by atoms with Crippen LogP contribution in [-0.2, 0) is 19.1 Å². The summed E-state index contributed by atoms with van der Waals surface area (Å²) in [5.74, 6) is -1.62. The minimum atomic E-state index is -1.32. The third kappa shape index (κ3) is 5.14. The number of hydrogen-bond donors (Lipinski definition) is 1. The number of rotatable bonds is 10. The number of carbonyl (C=O) groups is 3. The summed E-state index contributed by atoms with van der Waals surface area (Å²) >= 11 is 0. The van der Waals surface area contributed by atoms with Crippen molar-refractivity contribution in [3.05, 3.63) is 77.9 Å². The summed E-state index contributed by atoms with van der Waals surface area (Å²) in [5.41, 5.74) is 1.13. The van der Waals surface area contributed by atoms with Crippen LogP contribution in [0.15, 0.2) is 66.8 Å². The van der Waals surface area contributed by atoms with Crippen molar-refractivity contribution in [1.82, 2.24) is 4.90 Å². The van der Waals surface area contributed by atoms with Crippen molar-refractivity contribution in [3.63, 3.8) is 0 Å². The summed E-state index contributed by atoms with van der Waals surface area (Å²) in [6, 6.07) is 12.5. The van der Waals surface area contributed by atoms with Gasteiger partial charge in [0.05, 0.1) is 24.0 Å². The Kier molecular flexibility index (Phi) is 8.83. The first-order valence-electron chi connectivity index (χ1n) is 16.6. The molecule has 2 aromatic carbocycles. The number of fused-ring (bicyclic) bond motifs is 2. The number of carbonyl (C=O) groups excluding carboxylic acids is 3. The first kappa shape index (κ1) is 32.0. The van der Waals surface area contributed by atoms with Gasteiger partial charge in [-0.15, -0.1) is 0 Å². The largest absolute Gasteiger partial charge is 0.494 e. The molecule has 1 spiro atoms. The maximum absolute atomic E-state index is 14.8. The molecule has 1 unspecified atom stereocenters. The Morgan fingerprint density at radius 1 is 0.870 bits per heavy atom. The van der Waals surface area contributed by atoms with E-state index in [0.29, 0.717) is 57.6 Å². The molecular weight excluding hydrogens is 582 g/mol. The fourth-order valence-corrected chi connectivity index (χ4v) is 7.92. The second-order valence-electron chi connectivity index (χ2n) is 12.9. The fraction of sp³-hybridized carbons (Fsp3) is 0.486. The number of hydrogen-bond acceptors (Lipinski definition) is 6. The number of anilines is 2. The standard InChI is InChI=1S/C37H45N3O6/c1-5-36-18-10-21-38(27-14-16-28(17-15-27)45-6-2)33(42)30(36)31-34(43)40(20-8-7-9-23-41)32-35(44)39(22-11-19-37(31,32)46-36)29-24-25(3)12-13-26(29)4/h10-19,24,30-32,41H,5-9,20-23H2,1-4H3/t30-,31-,32?,36+,37-/m0/s1. The zero-order valence-electron chi connectivity index (χ0n) is 27.3. The summed E-state index contributed by atoms with van der Waals surface area (Å²) in [7, 11) is 0. The second-order valence-corrected chi connectivity index (χ2v) is 12.9. The summed E-state index contributed by atoms with van der Waals surface area (Å²) in [6.07, 6.45) is 10.2. The number of nitrogens with zero attached hydrogens (tertiary/aromatic N) is 3. The fourth-order valence-electron chi connectivity index (χ4n) is 7.92. The highest BCUT2D eigenvalue weighted by molar-refractivity contribution is 6.08. The monoisotopic (exact) mass is 627 g/mol. The molecule has 46 heavy (non-hydrogen) atoms. The first-order chi connectivity index (χ1) is 22.2. The molecule has 2 aromatic rings. The van der Waals surface area contributed by atoms with E-state index in [0.717, 1.165) is 22.6 Å². The summed E-state index contributed by atoms with van der Waals surface area (Å²) < 4.78 is 12.8. The van der Waals surface area contributed by atoms with Crippen LogP contribution >= 0.6 is 0 Å². The summed E-state index contributed by atoms with van der Waals surface area (Å²) in [4.78, 5) is 49.5. The average Bonchev–Trinajstić information content (AvgIpc) is 3.33. The molecular formula is C37H45N3O6. The third-order valence-electron chi connectivity index (χ3n) is 10.1. The molecule has 2 saturated heterocycles. The molecule has 244 valence electrons. The van der Waals surface area contributed by atoms with Crippen molar-refractivity contribution in [2.45, 2.75) is 70.6 Å². The highest BCUT2D eigenvalue weighted by atomic mass is 16.5. The maximum atomic E-state index is 14.8. The lowest BCUT2D eigenvalue weighted by molar-refractivity contribution is -0.145. The van der Waals surface area contributed by atoms with Gasteiger partial charge in [0.1, 0.15) is 17.4 Å². The predicted molar refractivity (Wildman–Crippen MR) is 177 cm³/mol. The number of amides is 3. The minimum absolute atomic E-state index is 0.0679. The molecule has 3 amide bonds. The first-order valence-corrected chi connectivity index (χ1v) is 16.6. The number of benzene rings is 2. The third-order valence-corrected chi connectivity index (χ3v) is 10.1. The zero-order chi connectivity index (χ0) is 32.6. The Morgan fingerprint density at radius 3 is 2.33 bits per heavy atom. The molecule has 5 atom stereocenters. The number of aliphatic hydroxyl groups excluding tert-OH is 1. The summed E-state index contributed by atoms with van der Waals surface area (Å²) in [5, 5.41) is 9.39. The van der Waals surface area contributed by atoms with Crippen LogP contribution in [0.5, 0.6) is 5.75 Å². The Balaban J connectivity index is 1.44. The van der Waals surface area contributed by atoms with E-state index in [1.807, 2.05) is 94.5 Å². The van der Waals surface area contributed by atoms with Gasteiger partial charge in [0.25, 0.3) is 5.91 Å². The van der Waals surface area contributed by atoms with Crippen LogP contribution in [-0.4, -0.2) is 77.8 Å². The van der Waals surface area contributed by atoms with Gasteiger partial charge in [-0.3, -0.25) is 14.4 Å². The Labute approximate surface area is 271 Å². The maximum Gasteiger partial charge on any atom is 0.253 e. The van der Waals surface area contributed by atoms with Crippen molar-refractivity contribution in [3.8, 4) is 5.75 Å². The van der Waals surface area contributed by atoms with Crippen LogP contribution in [0.2, 0.25) is 0 Å². The Hall–Kier alpha value is -3.95. The van der Waals surface area contributed by atoms with Gasteiger partial charge < -0.3 is 29.3 Å². The molecule has 0 saturated carbocycles. The molecule has 4 aliphatic rings. The smallest absolute Gasteiger partial charge is 0.253 e. The van der Waals surface area contributed by atoms with Gasteiger partial charge in [0.2, 0.25) is 11.8 Å². The molecule has 1 N–H and O–H groups in total. The second kappa shape index (κ2) is 12.7. The van der Waals surface area contributed by atoms with Gasteiger partial charge in [0, 0.05) is 37.6 Å². The normalized spacial score (nSPS) is 28.7. The lowest BCUT2D eigenvalue weighted by Crippen LogP contribution is -2.56. The lowest BCUT2D eigenvalue weighted by atomic mass is 9.73. The number of aryl methyl sites for hydroxylation is 2. The molecule has 9 heteroatoms. The molecule has 2 fully saturated rings. The molecule has 0 bridgehead atoms. The number of unbranched alkanes of at least 4 members (excludes halogenated alkanes) is 2. The van der Waals surface area contributed by atoms with Crippen LogP contribution in [0, 0.1) is 25.7 Å². The van der Waals surface area contributed by atoms with Crippen LogP contribution in [0.25, 0.3) is 0 Å². The van der Waals surface area contributed by atoms with Crippen LogP contribution in [0.4, 0.5) is 11.4 Å². The minimum Gasteiger partial charge on any atom is -0.494 e. The highest BCUT2D eigenvalue weighted by Gasteiger charge is 2.75. The van der Waals surface area contributed by atoms with Crippen LogP contribution in [0.1, 0.15) is 50.7 Å². The van der Waals surface area contributed by atoms with Gasteiger partial charge >= 0.3 is 0 Å². The van der Waals surface area contributed by atoms with Crippen molar-refractivity contribution in [2.24, 2.45) is 11.8 Å². The molecule has 0 aliphatic carbocycles. The number of likely N-dealkylation sites (tertiary alicyclic amines) is 1. The van der Waals surface area contributed by atoms with Gasteiger partial charge in [-0.1, -0.05) is 43.4 Å². The van der Waals surface area contributed by atoms with Gasteiger partial charge in [-0.25, -0.2) is 0 Å². The van der Waals surface area contributed by atoms with E-state index < -0.39 is 29.1 Å².